The number of rotatable bonds is 5. The van der Waals surface area contributed by atoms with Gasteiger partial charge in [0.25, 0.3) is 5.91 Å². The van der Waals surface area contributed by atoms with Crippen LogP contribution in [0, 0.1) is 6.92 Å². The molecule has 1 aliphatic heterocycles. The molecule has 1 N–H and O–H groups in total. The van der Waals surface area contributed by atoms with Crippen molar-refractivity contribution in [2.75, 3.05) is 18.4 Å². The molecule has 0 radical (unpaired) electrons. The zero-order valence-electron chi connectivity index (χ0n) is 17.6. The van der Waals surface area contributed by atoms with Crippen molar-refractivity contribution in [3.05, 3.63) is 60.1 Å². The van der Waals surface area contributed by atoms with Crippen LogP contribution in [0.2, 0.25) is 0 Å². The Bertz CT molecular complexity index is 1010. The van der Waals surface area contributed by atoms with Gasteiger partial charge >= 0.3 is 0 Å². The molecule has 0 unspecified atom stereocenters. The quantitative estimate of drug-likeness (QED) is 0.682. The van der Waals surface area contributed by atoms with Gasteiger partial charge in [-0.3, -0.25) is 9.78 Å². The van der Waals surface area contributed by atoms with Crippen molar-refractivity contribution in [3.63, 3.8) is 0 Å². The normalized spacial score (nSPS) is 14.9. The first-order valence-electron chi connectivity index (χ1n) is 10.4. The summed E-state index contributed by atoms with van der Waals surface area (Å²) in [6.45, 7) is 7.34. The molecule has 1 amide bonds. The van der Waals surface area contributed by atoms with Gasteiger partial charge in [-0.05, 0) is 63.4 Å². The number of carbonyl (C=O) groups is 1. The third-order valence-corrected chi connectivity index (χ3v) is 5.35. The summed E-state index contributed by atoms with van der Waals surface area (Å²) in [6.07, 6.45) is 7.16. The van der Waals surface area contributed by atoms with Crippen LogP contribution >= 0.6 is 0 Å². The number of aromatic nitrogens is 3. The van der Waals surface area contributed by atoms with Crippen molar-refractivity contribution in [2.24, 2.45) is 0 Å². The van der Waals surface area contributed by atoms with E-state index in [0.29, 0.717) is 24.8 Å². The third kappa shape index (κ3) is 4.35. The number of pyridine rings is 1. The molecule has 1 aliphatic rings. The Morgan fingerprint density at radius 3 is 2.53 bits per heavy atom. The summed E-state index contributed by atoms with van der Waals surface area (Å²) in [5, 5.41) is 3.30. The lowest BCUT2D eigenvalue weighted by Gasteiger charge is -2.32. The van der Waals surface area contributed by atoms with Gasteiger partial charge in [-0.15, -0.1) is 0 Å². The molecule has 0 spiro atoms. The van der Waals surface area contributed by atoms with Crippen molar-refractivity contribution in [1.82, 2.24) is 19.9 Å². The summed E-state index contributed by atoms with van der Waals surface area (Å²) in [4.78, 5) is 28.1. The summed E-state index contributed by atoms with van der Waals surface area (Å²) < 4.78 is 5.51. The molecule has 0 aliphatic carbocycles. The first-order valence-corrected chi connectivity index (χ1v) is 10.4. The zero-order chi connectivity index (χ0) is 21.1. The monoisotopic (exact) mass is 405 g/mol. The largest absolute Gasteiger partial charge is 0.456 e. The minimum absolute atomic E-state index is 0.0410. The number of piperidine rings is 1. The van der Waals surface area contributed by atoms with E-state index >= 15 is 0 Å². The fraction of sp³-hybridized carbons (Fsp3) is 0.391. The number of hydrogen-bond acceptors (Lipinski definition) is 6. The van der Waals surface area contributed by atoms with Gasteiger partial charge in [-0.2, -0.15) is 0 Å². The van der Waals surface area contributed by atoms with E-state index in [2.05, 4.69) is 29.1 Å². The molecule has 1 saturated heterocycles. The smallest absolute Gasteiger partial charge is 0.289 e. The SMILES string of the molecule is Cc1ccc(C(=O)N2CCC(c3nc(NC(C)C)ncc3-c3ccncc3)CC2)o1. The van der Waals surface area contributed by atoms with Crippen LogP contribution in [-0.2, 0) is 0 Å². The van der Waals surface area contributed by atoms with Gasteiger partial charge in [0.1, 0.15) is 5.76 Å². The second-order valence-corrected chi connectivity index (χ2v) is 8.00. The molecule has 3 aromatic heterocycles. The summed E-state index contributed by atoms with van der Waals surface area (Å²) in [5.74, 6) is 2.02. The lowest BCUT2D eigenvalue weighted by molar-refractivity contribution is 0.0678. The number of nitrogens with zero attached hydrogens (tertiary/aromatic N) is 4. The molecule has 0 aromatic carbocycles. The van der Waals surface area contributed by atoms with Crippen LogP contribution in [-0.4, -0.2) is 44.9 Å². The lowest BCUT2D eigenvalue weighted by Crippen LogP contribution is -2.38. The highest BCUT2D eigenvalue weighted by Crippen LogP contribution is 2.34. The van der Waals surface area contributed by atoms with Crippen LogP contribution in [0.15, 0.2) is 47.3 Å². The standard InChI is InChI=1S/C23H27N5O2/c1-15(2)26-23-25-14-19(17-6-10-24-11-7-17)21(27-23)18-8-12-28(13-9-18)22(29)20-5-4-16(3)30-20/h4-7,10-11,14-15,18H,8-9,12-13H2,1-3H3,(H,25,26,27). The first-order chi connectivity index (χ1) is 14.5. The van der Waals surface area contributed by atoms with E-state index in [4.69, 9.17) is 9.40 Å². The molecule has 7 nitrogen and oxygen atoms in total. The van der Waals surface area contributed by atoms with Gasteiger partial charge in [0, 0.05) is 49.2 Å². The van der Waals surface area contributed by atoms with Crippen LogP contribution in [0.25, 0.3) is 11.1 Å². The van der Waals surface area contributed by atoms with E-state index in [1.807, 2.05) is 36.2 Å². The molecule has 0 saturated carbocycles. The molecular formula is C23H27N5O2. The average molecular weight is 406 g/mol. The Morgan fingerprint density at radius 2 is 1.90 bits per heavy atom. The molecule has 3 aromatic rings. The van der Waals surface area contributed by atoms with Gasteiger partial charge < -0.3 is 14.6 Å². The minimum Gasteiger partial charge on any atom is -0.456 e. The van der Waals surface area contributed by atoms with Crippen molar-refractivity contribution in [2.45, 2.75) is 45.6 Å². The number of amides is 1. The highest BCUT2D eigenvalue weighted by Gasteiger charge is 2.28. The van der Waals surface area contributed by atoms with Crippen LogP contribution < -0.4 is 5.32 Å². The number of furan rings is 1. The number of likely N-dealkylation sites (tertiary alicyclic amines) is 1. The summed E-state index contributed by atoms with van der Waals surface area (Å²) in [7, 11) is 0. The predicted octanol–water partition coefficient (Wildman–Crippen LogP) is 4.28. The van der Waals surface area contributed by atoms with Crippen molar-refractivity contribution in [1.29, 1.82) is 0 Å². The Kier molecular flexibility index (Phi) is 5.79. The van der Waals surface area contributed by atoms with E-state index in [1.54, 1.807) is 18.5 Å². The first kappa shape index (κ1) is 20.1. The Balaban J connectivity index is 1.56. The molecule has 7 heteroatoms. The maximum Gasteiger partial charge on any atom is 0.289 e. The molecule has 156 valence electrons. The molecule has 1 fully saturated rings. The molecule has 4 heterocycles. The van der Waals surface area contributed by atoms with Gasteiger partial charge in [0.2, 0.25) is 5.95 Å². The lowest BCUT2D eigenvalue weighted by atomic mass is 9.89. The van der Waals surface area contributed by atoms with Gasteiger partial charge in [-0.1, -0.05) is 0 Å². The van der Waals surface area contributed by atoms with E-state index in [0.717, 1.165) is 35.4 Å². The van der Waals surface area contributed by atoms with E-state index < -0.39 is 0 Å². The van der Waals surface area contributed by atoms with E-state index in [9.17, 15) is 4.79 Å². The number of anilines is 1. The zero-order valence-corrected chi connectivity index (χ0v) is 17.6. The van der Waals surface area contributed by atoms with Crippen LogP contribution in [0.3, 0.4) is 0 Å². The van der Waals surface area contributed by atoms with Crippen molar-refractivity contribution < 1.29 is 9.21 Å². The number of hydrogen-bond donors (Lipinski definition) is 1. The number of nitrogens with one attached hydrogen (secondary N) is 1. The molecule has 0 bridgehead atoms. The highest BCUT2D eigenvalue weighted by atomic mass is 16.3. The topological polar surface area (TPSA) is 84.2 Å². The average Bonchev–Trinajstić information content (AvgIpc) is 3.20. The van der Waals surface area contributed by atoms with Crippen molar-refractivity contribution in [3.8, 4) is 11.1 Å². The van der Waals surface area contributed by atoms with E-state index in [-0.39, 0.29) is 17.9 Å². The van der Waals surface area contributed by atoms with Crippen molar-refractivity contribution >= 4 is 11.9 Å². The minimum atomic E-state index is -0.0410. The van der Waals surface area contributed by atoms with E-state index in [1.165, 1.54) is 0 Å². The summed E-state index contributed by atoms with van der Waals surface area (Å²) in [6, 6.07) is 7.79. The predicted molar refractivity (Wildman–Crippen MR) is 115 cm³/mol. The Morgan fingerprint density at radius 1 is 1.17 bits per heavy atom. The fourth-order valence-corrected chi connectivity index (χ4v) is 3.85. The fourth-order valence-electron chi connectivity index (χ4n) is 3.85. The third-order valence-electron chi connectivity index (χ3n) is 5.35. The van der Waals surface area contributed by atoms with Gasteiger partial charge in [-0.25, -0.2) is 9.97 Å². The second-order valence-electron chi connectivity index (χ2n) is 8.00. The molecule has 4 rings (SSSR count). The highest BCUT2D eigenvalue weighted by molar-refractivity contribution is 5.91. The Hall–Kier alpha value is -3.22. The second kappa shape index (κ2) is 8.65. The van der Waals surface area contributed by atoms with Gasteiger partial charge in [0.15, 0.2) is 5.76 Å². The van der Waals surface area contributed by atoms with Gasteiger partial charge in [0.05, 0.1) is 5.69 Å². The maximum absolute atomic E-state index is 12.7. The van der Waals surface area contributed by atoms with Crippen LogP contribution in [0.1, 0.15) is 54.6 Å². The maximum atomic E-state index is 12.7. The van der Waals surface area contributed by atoms with Crippen LogP contribution in [0.4, 0.5) is 5.95 Å². The number of aryl methyl sites for hydroxylation is 1. The van der Waals surface area contributed by atoms with Crippen LogP contribution in [0.5, 0.6) is 0 Å². The number of carbonyl (C=O) groups excluding carboxylic acids is 1. The summed E-state index contributed by atoms with van der Waals surface area (Å²) in [5.41, 5.74) is 3.11. The summed E-state index contributed by atoms with van der Waals surface area (Å²) >= 11 is 0. The molecular weight excluding hydrogens is 378 g/mol. The molecule has 0 atom stereocenters. The Labute approximate surface area is 176 Å². The molecule has 30 heavy (non-hydrogen) atoms.